The van der Waals surface area contributed by atoms with Gasteiger partial charge < -0.3 is 20.1 Å². The smallest absolute Gasteiger partial charge is 0.404 e. The number of carbonyl (C=O) groups excluding carboxylic acids is 1. The maximum atomic E-state index is 14.3. The fourth-order valence-electron chi connectivity index (χ4n) is 5.24. The van der Waals surface area contributed by atoms with E-state index in [-0.39, 0.29) is 28.8 Å². The van der Waals surface area contributed by atoms with E-state index in [4.69, 9.17) is 10.5 Å². The number of hydrogen-bond acceptors (Lipinski definition) is 6. The molecule has 1 unspecified atom stereocenters. The number of primary amides is 1. The Kier molecular flexibility index (Phi) is 7.06. The fourth-order valence-corrected chi connectivity index (χ4v) is 6.86. The predicted molar refractivity (Wildman–Crippen MR) is 139 cm³/mol. The van der Waals surface area contributed by atoms with Gasteiger partial charge in [-0.15, -0.1) is 0 Å². The lowest BCUT2D eigenvalue weighted by Gasteiger charge is -2.47. The number of anilines is 2. The van der Waals surface area contributed by atoms with Crippen LogP contribution in [0.1, 0.15) is 18.4 Å². The van der Waals surface area contributed by atoms with Gasteiger partial charge in [0.2, 0.25) is 0 Å². The number of alkyl halides is 2. The molecule has 1 amide bonds. The van der Waals surface area contributed by atoms with Crippen molar-refractivity contribution in [1.82, 2.24) is 0 Å². The first-order valence-electron chi connectivity index (χ1n) is 12.2. The Labute approximate surface area is 223 Å². The van der Waals surface area contributed by atoms with E-state index in [2.05, 4.69) is 9.64 Å². The lowest BCUT2D eigenvalue weighted by Crippen LogP contribution is -2.55. The van der Waals surface area contributed by atoms with Gasteiger partial charge >= 0.3 is 12.7 Å². The third kappa shape index (κ3) is 5.47. The second kappa shape index (κ2) is 10.3. The molecule has 2 atom stereocenters. The molecule has 39 heavy (non-hydrogen) atoms. The lowest BCUT2D eigenvalue weighted by molar-refractivity contribution is -0.0499. The van der Waals surface area contributed by atoms with Crippen LogP contribution >= 0.6 is 0 Å². The minimum Gasteiger partial charge on any atom is -0.446 e. The molecule has 0 bridgehead atoms. The molecule has 0 spiro atoms. The SMILES string of the molecule is Cc1cccc(S(=O)(=O)N2C[C@@H]3CC(OC(N)=O)CCN3c3ccc(-c4cc(F)cc(OC(F)F)c4)cc32)c1. The highest BCUT2D eigenvalue weighted by atomic mass is 32.2. The molecule has 0 saturated carbocycles. The molecule has 8 nitrogen and oxygen atoms in total. The van der Waals surface area contributed by atoms with Crippen LogP contribution in [-0.2, 0) is 14.8 Å². The number of sulfonamides is 1. The van der Waals surface area contributed by atoms with Crippen LogP contribution in [0.5, 0.6) is 5.75 Å². The lowest BCUT2D eigenvalue weighted by atomic mass is 9.94. The van der Waals surface area contributed by atoms with E-state index < -0.39 is 34.6 Å². The molecule has 0 radical (unpaired) electrons. The van der Waals surface area contributed by atoms with E-state index in [1.165, 1.54) is 16.4 Å². The van der Waals surface area contributed by atoms with E-state index in [9.17, 15) is 26.4 Å². The molecule has 1 saturated heterocycles. The Morgan fingerprint density at radius 3 is 2.56 bits per heavy atom. The summed E-state index contributed by atoms with van der Waals surface area (Å²) in [6, 6.07) is 14.5. The summed E-state index contributed by atoms with van der Waals surface area (Å²) in [6.07, 6.45) is -0.455. The standard InChI is InChI=1S/C27H26F3N3O5S/c1-16-3-2-4-23(9-16)39(35,36)33-15-20-14-21(38-27(31)34)7-8-32(20)24-6-5-17(12-25(24)33)18-10-19(28)13-22(11-18)37-26(29)30/h2-6,9-13,20-21,26H,7-8,14-15H2,1H3,(H2,31,34)/t20-,21?/m0/s1. The maximum Gasteiger partial charge on any atom is 0.404 e. The zero-order valence-corrected chi connectivity index (χ0v) is 21.7. The number of halogens is 3. The number of aryl methyl sites for hydroxylation is 1. The van der Waals surface area contributed by atoms with Crippen LogP contribution in [0, 0.1) is 12.7 Å². The van der Waals surface area contributed by atoms with Crippen molar-refractivity contribution >= 4 is 27.5 Å². The maximum absolute atomic E-state index is 14.3. The van der Waals surface area contributed by atoms with Crippen LogP contribution in [0.4, 0.5) is 29.3 Å². The third-order valence-corrected chi connectivity index (χ3v) is 8.66. The van der Waals surface area contributed by atoms with Crippen LogP contribution in [0.15, 0.2) is 65.6 Å². The van der Waals surface area contributed by atoms with Gasteiger partial charge in [0.25, 0.3) is 10.0 Å². The van der Waals surface area contributed by atoms with Crippen LogP contribution < -0.4 is 19.7 Å². The van der Waals surface area contributed by atoms with Crippen molar-refractivity contribution in [2.75, 3.05) is 22.3 Å². The summed E-state index contributed by atoms with van der Waals surface area (Å²) in [7, 11) is -4.04. The Morgan fingerprint density at radius 1 is 1.05 bits per heavy atom. The van der Waals surface area contributed by atoms with Gasteiger partial charge in [0.05, 0.1) is 28.9 Å². The molecule has 2 N–H and O–H groups in total. The van der Waals surface area contributed by atoms with Crippen LogP contribution in [0.25, 0.3) is 11.1 Å². The summed E-state index contributed by atoms with van der Waals surface area (Å²) in [5, 5.41) is 0. The molecule has 12 heteroatoms. The number of nitrogens with zero attached hydrogens (tertiary/aromatic N) is 2. The zero-order chi connectivity index (χ0) is 27.9. The normalized spacial score (nSPS) is 18.9. The van der Waals surface area contributed by atoms with Crippen molar-refractivity contribution < 1.29 is 35.9 Å². The summed E-state index contributed by atoms with van der Waals surface area (Å²) in [5.74, 6) is -1.12. The monoisotopic (exact) mass is 561 g/mol. The number of hydrogen-bond donors (Lipinski definition) is 1. The van der Waals surface area contributed by atoms with Crippen molar-refractivity contribution in [3.05, 3.63) is 72.0 Å². The zero-order valence-electron chi connectivity index (χ0n) is 20.9. The number of carbonyl (C=O) groups is 1. The predicted octanol–water partition coefficient (Wildman–Crippen LogP) is 5.04. The van der Waals surface area contributed by atoms with Crippen LogP contribution in [0.2, 0.25) is 0 Å². The van der Waals surface area contributed by atoms with E-state index in [0.29, 0.717) is 36.3 Å². The molecule has 2 aliphatic rings. The van der Waals surface area contributed by atoms with E-state index in [0.717, 1.165) is 17.7 Å². The summed E-state index contributed by atoms with van der Waals surface area (Å²) in [6.45, 7) is -0.788. The first-order valence-corrected chi connectivity index (χ1v) is 13.7. The third-order valence-electron chi connectivity index (χ3n) is 6.89. The molecule has 0 aromatic heterocycles. The summed E-state index contributed by atoms with van der Waals surface area (Å²) >= 11 is 0. The van der Waals surface area contributed by atoms with Crippen molar-refractivity contribution in [3.63, 3.8) is 0 Å². The van der Waals surface area contributed by atoms with E-state index in [1.807, 2.05) is 0 Å². The average molecular weight is 562 g/mol. The van der Waals surface area contributed by atoms with Crippen LogP contribution in [-0.4, -0.2) is 46.4 Å². The molecule has 0 aliphatic carbocycles. The van der Waals surface area contributed by atoms with Gasteiger partial charge in [0, 0.05) is 25.5 Å². The van der Waals surface area contributed by atoms with Crippen molar-refractivity contribution in [2.24, 2.45) is 5.73 Å². The molecule has 2 aliphatic heterocycles. The quantitative estimate of drug-likeness (QED) is 0.452. The van der Waals surface area contributed by atoms with Gasteiger partial charge in [0.1, 0.15) is 17.7 Å². The summed E-state index contributed by atoms with van der Waals surface area (Å²) < 4.78 is 78.7. The summed E-state index contributed by atoms with van der Waals surface area (Å²) in [5.41, 5.74) is 7.64. The first-order chi connectivity index (χ1) is 18.5. The average Bonchev–Trinajstić information content (AvgIpc) is 2.86. The van der Waals surface area contributed by atoms with Crippen LogP contribution in [0.3, 0.4) is 0 Å². The van der Waals surface area contributed by atoms with Gasteiger partial charge in [-0.1, -0.05) is 18.2 Å². The number of nitrogens with two attached hydrogens (primary N) is 1. The van der Waals surface area contributed by atoms with Crippen molar-refractivity contribution in [1.29, 1.82) is 0 Å². The minimum absolute atomic E-state index is 0.0637. The Bertz CT molecular complexity index is 1520. The van der Waals surface area contributed by atoms with E-state index >= 15 is 0 Å². The number of piperidine rings is 1. The number of ether oxygens (including phenoxy) is 2. The number of amides is 1. The largest absolute Gasteiger partial charge is 0.446 e. The highest BCUT2D eigenvalue weighted by Gasteiger charge is 2.41. The number of rotatable bonds is 6. The highest BCUT2D eigenvalue weighted by Crippen LogP contribution is 2.44. The second-order valence-electron chi connectivity index (χ2n) is 9.54. The van der Waals surface area contributed by atoms with E-state index in [1.54, 1.807) is 43.3 Å². The first kappa shape index (κ1) is 26.7. The molecule has 3 aromatic rings. The van der Waals surface area contributed by atoms with Gasteiger partial charge in [-0.3, -0.25) is 4.31 Å². The van der Waals surface area contributed by atoms with Gasteiger partial charge in [-0.25, -0.2) is 17.6 Å². The van der Waals surface area contributed by atoms with Gasteiger partial charge in [0.15, 0.2) is 0 Å². The number of benzene rings is 3. The van der Waals surface area contributed by atoms with Crippen molar-refractivity contribution in [2.45, 2.75) is 43.4 Å². The highest BCUT2D eigenvalue weighted by molar-refractivity contribution is 7.92. The molecule has 5 rings (SSSR count). The Morgan fingerprint density at radius 2 is 1.85 bits per heavy atom. The number of fused-ring (bicyclic) bond motifs is 3. The summed E-state index contributed by atoms with van der Waals surface area (Å²) in [4.78, 5) is 13.5. The topological polar surface area (TPSA) is 102 Å². The van der Waals surface area contributed by atoms with Crippen molar-refractivity contribution in [3.8, 4) is 16.9 Å². The second-order valence-corrected chi connectivity index (χ2v) is 11.4. The van der Waals surface area contributed by atoms with Gasteiger partial charge in [-0.2, -0.15) is 8.78 Å². The molecule has 206 valence electrons. The molecule has 3 aromatic carbocycles. The Balaban J connectivity index is 1.61. The fraction of sp³-hybridized carbons (Fsp3) is 0.296. The molecular weight excluding hydrogens is 535 g/mol. The molecule has 1 fully saturated rings. The minimum atomic E-state index is -4.04. The molecule has 2 heterocycles. The van der Waals surface area contributed by atoms with Gasteiger partial charge in [-0.05, 0) is 60.0 Å². The Hall–Kier alpha value is -3.93. The molecular formula is C27H26F3N3O5S.